The molecule has 8 heteroatoms. The van der Waals surface area contributed by atoms with Gasteiger partial charge in [-0.3, -0.25) is 4.79 Å². The third kappa shape index (κ3) is 4.35. The molecule has 0 aromatic heterocycles. The van der Waals surface area contributed by atoms with Crippen molar-refractivity contribution in [3.8, 4) is 17.6 Å². The van der Waals surface area contributed by atoms with E-state index in [9.17, 15) is 23.1 Å². The summed E-state index contributed by atoms with van der Waals surface area (Å²) in [5.74, 6) is -1.98. The van der Waals surface area contributed by atoms with Gasteiger partial charge in [-0.2, -0.15) is 5.26 Å². The fourth-order valence-corrected chi connectivity index (χ4v) is 1.42. The van der Waals surface area contributed by atoms with Crippen molar-refractivity contribution >= 4 is 5.97 Å². The van der Waals surface area contributed by atoms with Crippen molar-refractivity contribution in [1.82, 2.24) is 0 Å². The van der Waals surface area contributed by atoms with Crippen LogP contribution in [0.15, 0.2) is 12.1 Å². The van der Waals surface area contributed by atoms with Crippen molar-refractivity contribution in [2.45, 2.75) is 19.7 Å². The van der Waals surface area contributed by atoms with Gasteiger partial charge >= 0.3 is 12.3 Å². The van der Waals surface area contributed by atoms with E-state index in [1.165, 1.54) is 6.07 Å². The molecule has 0 aliphatic rings. The number of aromatic hydroxyl groups is 1. The largest absolute Gasteiger partial charge is 0.573 e. The highest BCUT2D eigenvalue weighted by atomic mass is 19.4. The first-order chi connectivity index (χ1) is 9.26. The second-order valence-electron chi connectivity index (χ2n) is 3.62. The smallest absolute Gasteiger partial charge is 0.508 e. The van der Waals surface area contributed by atoms with Gasteiger partial charge in [0.15, 0.2) is 0 Å². The minimum Gasteiger partial charge on any atom is -0.508 e. The number of phenolic OH excluding ortho intramolecular Hbond substituents is 1. The molecular formula is C12H10F3NO4. The number of esters is 1. The highest BCUT2D eigenvalue weighted by Crippen LogP contribution is 2.32. The summed E-state index contributed by atoms with van der Waals surface area (Å²) in [7, 11) is 0. The minimum atomic E-state index is -4.98. The van der Waals surface area contributed by atoms with Gasteiger partial charge in [-0.05, 0) is 13.0 Å². The molecule has 1 aromatic carbocycles. The molecule has 0 bridgehead atoms. The lowest BCUT2D eigenvalue weighted by atomic mass is 10.1. The number of nitriles is 1. The van der Waals surface area contributed by atoms with Crippen molar-refractivity contribution in [2.75, 3.05) is 6.61 Å². The topological polar surface area (TPSA) is 79.5 Å². The van der Waals surface area contributed by atoms with Gasteiger partial charge in [-0.15, -0.1) is 13.2 Å². The quantitative estimate of drug-likeness (QED) is 0.860. The van der Waals surface area contributed by atoms with Crippen LogP contribution in [0.2, 0.25) is 0 Å². The Morgan fingerprint density at radius 2 is 2.10 bits per heavy atom. The second kappa shape index (κ2) is 6.14. The first kappa shape index (κ1) is 15.6. The Bertz CT molecular complexity index is 549. The van der Waals surface area contributed by atoms with Gasteiger partial charge in [0.05, 0.1) is 18.6 Å². The lowest BCUT2D eigenvalue weighted by Gasteiger charge is -2.12. The summed E-state index contributed by atoms with van der Waals surface area (Å²) >= 11 is 0. The molecule has 0 atom stereocenters. The van der Waals surface area contributed by atoms with E-state index in [1.807, 2.05) is 0 Å². The van der Waals surface area contributed by atoms with E-state index in [0.29, 0.717) is 0 Å². The molecular weight excluding hydrogens is 279 g/mol. The number of halogens is 3. The summed E-state index contributed by atoms with van der Waals surface area (Å²) in [6.45, 7) is 1.66. The number of hydrogen-bond acceptors (Lipinski definition) is 5. The number of carbonyl (C=O) groups excluding carboxylic acids is 1. The molecule has 0 aliphatic carbocycles. The predicted octanol–water partition coefficient (Wildman–Crippen LogP) is 2.27. The molecule has 1 aromatic rings. The van der Waals surface area contributed by atoms with Crippen LogP contribution in [-0.2, 0) is 16.0 Å². The average molecular weight is 289 g/mol. The number of alkyl halides is 3. The molecule has 5 nitrogen and oxygen atoms in total. The lowest BCUT2D eigenvalue weighted by Crippen LogP contribution is -2.18. The van der Waals surface area contributed by atoms with Crippen molar-refractivity contribution in [3.05, 3.63) is 23.3 Å². The molecule has 0 spiro atoms. The molecule has 0 amide bonds. The predicted molar refractivity (Wildman–Crippen MR) is 59.8 cm³/mol. The monoisotopic (exact) mass is 289 g/mol. The van der Waals surface area contributed by atoms with Crippen molar-refractivity contribution in [2.24, 2.45) is 0 Å². The van der Waals surface area contributed by atoms with Gasteiger partial charge in [0.1, 0.15) is 17.6 Å². The maximum atomic E-state index is 12.2. The summed E-state index contributed by atoms with van der Waals surface area (Å²) < 4.78 is 44.9. The second-order valence-corrected chi connectivity index (χ2v) is 3.62. The number of phenols is 1. The Balaban J connectivity index is 3.11. The fourth-order valence-electron chi connectivity index (χ4n) is 1.42. The molecule has 108 valence electrons. The lowest BCUT2D eigenvalue weighted by molar-refractivity contribution is -0.274. The number of nitrogens with zero attached hydrogens (tertiary/aromatic N) is 1. The number of carbonyl (C=O) groups is 1. The highest BCUT2D eigenvalue weighted by molar-refractivity contribution is 5.74. The zero-order valence-electron chi connectivity index (χ0n) is 10.3. The van der Waals surface area contributed by atoms with Gasteiger partial charge in [0, 0.05) is 11.6 Å². The van der Waals surface area contributed by atoms with Crippen molar-refractivity contribution < 1.29 is 32.5 Å². The summed E-state index contributed by atoms with van der Waals surface area (Å²) in [4.78, 5) is 11.3. The molecule has 1 N–H and O–H groups in total. The van der Waals surface area contributed by atoms with E-state index >= 15 is 0 Å². The first-order valence-electron chi connectivity index (χ1n) is 5.44. The highest BCUT2D eigenvalue weighted by Gasteiger charge is 2.32. The summed E-state index contributed by atoms with van der Waals surface area (Å²) in [6, 6.07) is 3.05. The molecule has 0 unspecified atom stereocenters. The molecule has 0 heterocycles. The van der Waals surface area contributed by atoms with Gasteiger partial charge < -0.3 is 14.6 Å². The molecule has 0 saturated carbocycles. The fraction of sp³-hybridized carbons (Fsp3) is 0.333. The van der Waals surface area contributed by atoms with E-state index in [0.717, 1.165) is 12.1 Å². The number of rotatable bonds is 4. The third-order valence-corrected chi connectivity index (χ3v) is 2.17. The minimum absolute atomic E-state index is 0.0990. The third-order valence-electron chi connectivity index (χ3n) is 2.17. The summed E-state index contributed by atoms with van der Waals surface area (Å²) in [5, 5.41) is 18.3. The van der Waals surface area contributed by atoms with Crippen molar-refractivity contribution in [3.63, 3.8) is 0 Å². The zero-order chi connectivity index (χ0) is 15.3. The van der Waals surface area contributed by atoms with Crippen LogP contribution in [0.5, 0.6) is 11.5 Å². The molecule has 0 saturated heterocycles. The maximum absolute atomic E-state index is 12.2. The van der Waals surface area contributed by atoms with Crippen LogP contribution >= 0.6 is 0 Å². The number of hydrogen-bond donors (Lipinski definition) is 1. The number of ether oxygens (including phenoxy) is 2. The standard InChI is InChI=1S/C12H10F3NO4/c1-2-19-11(18)5-7-4-10(20-12(13,14)15)8(6-16)3-9(7)17/h3-4,17H,2,5H2,1H3. The summed E-state index contributed by atoms with van der Waals surface area (Å²) in [5.41, 5.74) is -0.617. The van der Waals surface area contributed by atoms with Crippen LogP contribution < -0.4 is 4.74 Å². The van der Waals surface area contributed by atoms with Crippen LogP contribution in [0.25, 0.3) is 0 Å². The van der Waals surface area contributed by atoms with Gasteiger partial charge in [-0.1, -0.05) is 0 Å². The Morgan fingerprint density at radius 3 is 2.60 bits per heavy atom. The number of benzene rings is 1. The van der Waals surface area contributed by atoms with Crippen LogP contribution in [0.3, 0.4) is 0 Å². The van der Waals surface area contributed by atoms with Gasteiger partial charge in [-0.25, -0.2) is 0 Å². The van der Waals surface area contributed by atoms with Gasteiger partial charge in [0.2, 0.25) is 0 Å². The average Bonchev–Trinajstić information content (AvgIpc) is 2.31. The summed E-state index contributed by atoms with van der Waals surface area (Å²) in [6.07, 6.45) is -5.41. The maximum Gasteiger partial charge on any atom is 0.573 e. The zero-order valence-corrected chi connectivity index (χ0v) is 10.3. The van der Waals surface area contributed by atoms with Crippen LogP contribution in [0, 0.1) is 11.3 Å². The van der Waals surface area contributed by atoms with E-state index < -0.39 is 35.8 Å². The molecule has 0 fully saturated rings. The van der Waals surface area contributed by atoms with Crippen LogP contribution in [-0.4, -0.2) is 24.0 Å². The van der Waals surface area contributed by atoms with E-state index in [1.54, 1.807) is 6.92 Å². The Morgan fingerprint density at radius 1 is 1.45 bits per heavy atom. The molecule has 20 heavy (non-hydrogen) atoms. The van der Waals surface area contributed by atoms with E-state index in [4.69, 9.17) is 5.26 Å². The molecule has 1 rings (SSSR count). The molecule has 0 radical (unpaired) electrons. The van der Waals surface area contributed by atoms with Crippen molar-refractivity contribution in [1.29, 1.82) is 5.26 Å². The SMILES string of the molecule is CCOC(=O)Cc1cc(OC(F)(F)F)c(C#N)cc1O. The van der Waals surface area contributed by atoms with E-state index in [-0.39, 0.29) is 12.2 Å². The van der Waals surface area contributed by atoms with Crippen LogP contribution in [0.4, 0.5) is 13.2 Å². The Kier molecular flexibility index (Phi) is 4.80. The first-order valence-corrected chi connectivity index (χ1v) is 5.44. The van der Waals surface area contributed by atoms with E-state index in [2.05, 4.69) is 9.47 Å². The van der Waals surface area contributed by atoms with Crippen LogP contribution in [0.1, 0.15) is 18.1 Å². The normalized spacial score (nSPS) is 10.8. The Labute approximate surface area is 112 Å². The Hall–Kier alpha value is -2.43. The van der Waals surface area contributed by atoms with Gasteiger partial charge in [0.25, 0.3) is 0 Å². The molecule has 0 aliphatic heterocycles.